The fourth-order valence-corrected chi connectivity index (χ4v) is 11.1. The van der Waals surface area contributed by atoms with Crippen molar-refractivity contribution in [3.8, 4) is 67.9 Å². The average molecular weight is 1030 g/mol. The molecule has 2 fully saturated rings. The van der Waals surface area contributed by atoms with Crippen LogP contribution >= 0.6 is 0 Å². The summed E-state index contributed by atoms with van der Waals surface area (Å²) in [6.07, 6.45) is 7.31. The molecule has 76 heavy (non-hydrogen) atoms. The summed E-state index contributed by atoms with van der Waals surface area (Å²) in [7, 11) is 2.05. The third kappa shape index (κ3) is 9.46. The number of benzene rings is 6. The van der Waals surface area contributed by atoms with Crippen LogP contribution in [0.1, 0.15) is 55.2 Å². The first-order chi connectivity index (χ1) is 36.9. The summed E-state index contributed by atoms with van der Waals surface area (Å²) < 4.78 is 77.1. The van der Waals surface area contributed by atoms with Crippen molar-refractivity contribution in [2.75, 3.05) is 7.05 Å². The van der Waals surface area contributed by atoms with Gasteiger partial charge in [-0.25, -0.2) is 23.1 Å². The van der Waals surface area contributed by atoms with E-state index >= 15 is 17.6 Å². The molecule has 4 aromatic heterocycles. The largest absolute Gasteiger partial charge is 0.436 e. The number of aryl methyl sites for hydroxylation is 3. The first-order valence-corrected chi connectivity index (χ1v) is 25.5. The molecule has 0 unspecified atom stereocenters. The van der Waals surface area contributed by atoms with Gasteiger partial charge in [-0.3, -0.25) is 4.90 Å². The molecule has 0 saturated heterocycles. The van der Waals surface area contributed by atoms with E-state index in [1.54, 1.807) is 47.6 Å². The molecule has 3 N–H and O–H groups in total. The smallest absolute Gasteiger partial charge is 0.227 e. The van der Waals surface area contributed by atoms with E-state index in [4.69, 9.17) is 13.8 Å². The average Bonchev–Trinajstić information content (AvgIpc) is 4.32. The van der Waals surface area contributed by atoms with Crippen LogP contribution in [-0.4, -0.2) is 85.9 Å². The van der Waals surface area contributed by atoms with Crippen LogP contribution in [0.5, 0.6) is 0 Å². The van der Waals surface area contributed by atoms with Crippen LogP contribution in [0.2, 0.25) is 0 Å². The maximum absolute atomic E-state index is 15.5. The summed E-state index contributed by atoms with van der Waals surface area (Å²) in [4.78, 5) is 11.7. The fourth-order valence-electron chi connectivity index (χ4n) is 11.1. The van der Waals surface area contributed by atoms with Gasteiger partial charge >= 0.3 is 0 Å². The number of aromatic nitrogens is 8. The lowest BCUT2D eigenvalue weighted by Gasteiger charge is -2.27. The van der Waals surface area contributed by atoms with Crippen LogP contribution in [0, 0.1) is 30.2 Å². The van der Waals surface area contributed by atoms with E-state index < -0.39 is 29.4 Å². The van der Waals surface area contributed by atoms with Crippen molar-refractivity contribution in [3.63, 3.8) is 0 Å². The number of hydrogen-bond donors (Lipinski definition) is 3. The third-order valence-corrected chi connectivity index (χ3v) is 14.9. The lowest BCUT2D eigenvalue weighted by atomic mass is 9.97. The normalized spacial score (nSPS) is 17.8. The van der Waals surface area contributed by atoms with E-state index in [0.29, 0.717) is 76.0 Å². The van der Waals surface area contributed by atoms with Gasteiger partial charge in [-0.05, 0) is 147 Å². The molecule has 0 spiro atoms. The molecule has 14 nitrogen and oxygen atoms in total. The maximum atomic E-state index is 15.5. The standard InChI is InChI=1S/C58H52F4N10O4/c1-32-21-33(29-70(2)48-12-6-14-50(48)74)22-46-53(32)75-57(66-46)36-9-3-7-34(23-36)41-17-15-39(59)26-43(41)55-68-64-30-71(55)19-20-72-31-65-69-56(72)44-27-40(60)16-18-42(44)35-8-4-10-37(24-35)58-67-47-25-38(51(61)52(62)54(47)76-58)28-63-45-11-5-13-49(45)73/h3-4,7-10,15-18,21-27,30-31,45,48-50,63,73-74H,5-6,11-14,19-20,28-29H2,1-2H3/t45-,48-,49+,50+/m1/s1. The highest BCUT2D eigenvalue weighted by molar-refractivity contribution is 5.86. The van der Waals surface area contributed by atoms with Gasteiger partial charge in [0.2, 0.25) is 17.6 Å². The van der Waals surface area contributed by atoms with Gasteiger partial charge in [-0.1, -0.05) is 42.5 Å². The molecule has 0 bridgehead atoms. The highest BCUT2D eigenvalue weighted by Crippen LogP contribution is 2.38. The van der Waals surface area contributed by atoms with Gasteiger partial charge in [0.15, 0.2) is 28.6 Å². The second kappa shape index (κ2) is 20.3. The number of rotatable bonds is 15. The lowest BCUT2D eigenvalue weighted by molar-refractivity contribution is 0.0825. The zero-order chi connectivity index (χ0) is 52.2. The summed E-state index contributed by atoms with van der Waals surface area (Å²) in [6.45, 7) is 3.27. The van der Waals surface area contributed by atoms with Crippen LogP contribution in [0.3, 0.4) is 0 Å². The van der Waals surface area contributed by atoms with Crippen molar-refractivity contribution < 1.29 is 36.6 Å². The Hall–Kier alpha value is -7.90. The Labute approximate surface area is 433 Å². The van der Waals surface area contributed by atoms with Gasteiger partial charge in [-0.15, -0.1) is 20.4 Å². The Morgan fingerprint density at radius 1 is 0.618 bits per heavy atom. The van der Waals surface area contributed by atoms with Crippen molar-refractivity contribution in [2.24, 2.45) is 0 Å². The Morgan fingerprint density at radius 3 is 1.76 bits per heavy atom. The number of halogens is 4. The number of aliphatic hydroxyl groups excluding tert-OH is 2. The number of nitrogens with one attached hydrogen (secondary N) is 1. The number of likely N-dealkylation sites (N-methyl/N-ethyl adjacent to an activating group) is 1. The molecule has 386 valence electrons. The van der Waals surface area contributed by atoms with E-state index in [-0.39, 0.29) is 53.8 Å². The molecule has 4 atom stereocenters. The van der Waals surface area contributed by atoms with Crippen LogP contribution in [-0.2, 0) is 26.2 Å². The van der Waals surface area contributed by atoms with E-state index in [1.807, 2.05) is 54.9 Å². The molecule has 0 aliphatic heterocycles. The van der Waals surface area contributed by atoms with Crippen molar-refractivity contribution in [3.05, 3.63) is 156 Å². The lowest BCUT2D eigenvalue weighted by Crippen LogP contribution is -2.36. The minimum absolute atomic E-state index is 0.0124. The fraction of sp³-hybridized carbons (Fsp3) is 0.276. The summed E-state index contributed by atoms with van der Waals surface area (Å²) in [5.74, 6) is -1.87. The molecule has 6 aromatic carbocycles. The predicted molar refractivity (Wildman–Crippen MR) is 278 cm³/mol. The van der Waals surface area contributed by atoms with Crippen LogP contribution in [0.25, 0.3) is 90.1 Å². The second-order valence-electron chi connectivity index (χ2n) is 20.0. The number of fused-ring (bicyclic) bond motifs is 2. The molecule has 2 saturated carbocycles. The molecule has 2 aliphatic carbocycles. The van der Waals surface area contributed by atoms with E-state index in [1.165, 1.54) is 30.3 Å². The zero-order valence-electron chi connectivity index (χ0n) is 41.6. The van der Waals surface area contributed by atoms with Crippen molar-refractivity contribution in [1.29, 1.82) is 0 Å². The van der Waals surface area contributed by atoms with Crippen LogP contribution in [0.15, 0.2) is 125 Å². The van der Waals surface area contributed by atoms with Crippen molar-refractivity contribution in [2.45, 2.75) is 95.9 Å². The van der Waals surface area contributed by atoms with Crippen molar-refractivity contribution in [1.82, 2.24) is 49.7 Å². The van der Waals surface area contributed by atoms with Crippen molar-refractivity contribution >= 4 is 22.2 Å². The maximum Gasteiger partial charge on any atom is 0.227 e. The Balaban J connectivity index is 0.792. The minimum atomic E-state index is -1.15. The minimum Gasteiger partial charge on any atom is -0.436 e. The molecule has 10 aromatic rings. The third-order valence-electron chi connectivity index (χ3n) is 14.9. The first-order valence-electron chi connectivity index (χ1n) is 25.5. The van der Waals surface area contributed by atoms with Gasteiger partial charge in [0, 0.05) is 66.1 Å². The molecule has 18 heteroatoms. The molecule has 0 radical (unpaired) electrons. The predicted octanol–water partition coefficient (Wildman–Crippen LogP) is 11.1. The highest BCUT2D eigenvalue weighted by atomic mass is 19.2. The summed E-state index contributed by atoms with van der Waals surface area (Å²) in [5, 5.41) is 41.2. The summed E-state index contributed by atoms with van der Waals surface area (Å²) in [5.41, 5.74) is 8.23. The molecule has 12 rings (SSSR count). The molecule has 2 aliphatic rings. The van der Waals surface area contributed by atoms with Gasteiger partial charge in [0.25, 0.3) is 0 Å². The van der Waals surface area contributed by atoms with E-state index in [9.17, 15) is 10.2 Å². The highest BCUT2D eigenvalue weighted by Gasteiger charge is 2.30. The second-order valence-corrected chi connectivity index (χ2v) is 20.0. The monoisotopic (exact) mass is 1030 g/mol. The van der Waals surface area contributed by atoms with Gasteiger partial charge in [0.05, 0.1) is 12.2 Å². The number of hydrogen-bond acceptors (Lipinski definition) is 12. The van der Waals surface area contributed by atoms with Crippen LogP contribution in [0.4, 0.5) is 17.6 Å². The van der Waals surface area contributed by atoms with Gasteiger partial charge in [0.1, 0.15) is 35.3 Å². The first kappa shape index (κ1) is 49.0. The zero-order valence-corrected chi connectivity index (χ0v) is 41.6. The molecule has 4 heterocycles. The topological polar surface area (TPSA) is 169 Å². The molecular weight excluding hydrogens is 977 g/mol. The Morgan fingerprint density at radius 2 is 1.18 bits per heavy atom. The SMILES string of the molecule is Cc1cc(CN(C)[C@@H]2CCC[C@@H]2O)cc2nc(-c3cccc(-c4ccc(F)cc4-c4nncn4CCn4cnnc4-c4cc(F)ccc4-c4cccc(-c5nc6cc(CN[C@@H]7CCC[C@@H]7O)c(F)c(F)c6o5)c4)c3)oc12. The van der Waals surface area contributed by atoms with E-state index in [0.717, 1.165) is 59.9 Å². The van der Waals surface area contributed by atoms with E-state index in [2.05, 4.69) is 41.7 Å². The molecule has 0 amide bonds. The summed E-state index contributed by atoms with van der Waals surface area (Å²) >= 11 is 0. The number of oxazole rings is 2. The van der Waals surface area contributed by atoms with Gasteiger partial charge < -0.3 is 33.5 Å². The number of nitrogens with zero attached hydrogens (tertiary/aromatic N) is 9. The van der Waals surface area contributed by atoms with Gasteiger partial charge in [-0.2, -0.15) is 4.39 Å². The Bertz CT molecular complexity index is 3790. The molecular formula is C58H52F4N10O4. The van der Waals surface area contributed by atoms with Crippen LogP contribution < -0.4 is 5.32 Å². The Kier molecular flexibility index (Phi) is 13.1. The summed E-state index contributed by atoms with van der Waals surface area (Å²) in [6, 6.07) is 29.2. The quantitative estimate of drug-likeness (QED) is 0.0832. The number of aliphatic hydroxyl groups is 2.